The Morgan fingerprint density at radius 3 is 2.63 bits per heavy atom. The summed E-state index contributed by atoms with van der Waals surface area (Å²) in [6.45, 7) is 1.68. The van der Waals surface area contributed by atoms with Crippen LogP contribution in [-0.4, -0.2) is 16.1 Å². The predicted octanol–water partition coefficient (Wildman–Crippen LogP) is 4.70. The molecule has 0 fully saturated rings. The van der Waals surface area contributed by atoms with E-state index in [4.69, 9.17) is 8.83 Å². The van der Waals surface area contributed by atoms with E-state index in [0.29, 0.717) is 22.6 Å². The normalized spacial score (nSPS) is 10.7. The van der Waals surface area contributed by atoms with Gasteiger partial charge < -0.3 is 14.2 Å². The van der Waals surface area contributed by atoms with Crippen LogP contribution in [0, 0.1) is 12.7 Å². The Labute approximate surface area is 153 Å². The van der Waals surface area contributed by atoms with Gasteiger partial charge in [0.2, 0.25) is 5.89 Å². The smallest absolute Gasteiger partial charge is 0.283 e. The number of aromatic nitrogens is 2. The molecule has 27 heavy (non-hydrogen) atoms. The number of nitrogens with one attached hydrogen (secondary N) is 1. The van der Waals surface area contributed by atoms with Gasteiger partial charge in [-0.2, -0.15) is 0 Å². The van der Waals surface area contributed by atoms with Crippen LogP contribution in [0.2, 0.25) is 0 Å². The number of carbonyl (C=O) groups is 1. The lowest BCUT2D eigenvalue weighted by Gasteiger charge is -2.09. The lowest BCUT2D eigenvalue weighted by atomic mass is 10.1. The molecule has 0 radical (unpaired) electrons. The topological polar surface area (TPSA) is 81.2 Å². The highest BCUT2D eigenvalue weighted by Gasteiger charge is 2.16. The number of nitrogens with zero attached hydrogens (tertiary/aromatic N) is 2. The highest BCUT2D eigenvalue weighted by atomic mass is 19.1. The number of anilines is 1. The zero-order valence-corrected chi connectivity index (χ0v) is 14.3. The summed E-state index contributed by atoms with van der Waals surface area (Å²) in [5, 5.41) is 10.6. The van der Waals surface area contributed by atoms with Gasteiger partial charge in [0.1, 0.15) is 5.82 Å². The molecule has 1 N–H and O–H groups in total. The molecular weight excluding hydrogens is 349 g/mol. The molecule has 1 amide bonds. The molecule has 2 aromatic heterocycles. The number of carbonyl (C=O) groups excluding carboxylic acids is 1. The second-order valence-corrected chi connectivity index (χ2v) is 5.86. The van der Waals surface area contributed by atoms with Crippen LogP contribution in [0.1, 0.15) is 15.9 Å². The van der Waals surface area contributed by atoms with Gasteiger partial charge in [-0.1, -0.05) is 18.2 Å². The summed E-state index contributed by atoms with van der Waals surface area (Å²) in [5.41, 5.74) is 1.67. The number of hydrogen-bond donors (Lipinski definition) is 1. The van der Waals surface area contributed by atoms with Crippen LogP contribution in [0.15, 0.2) is 69.7 Å². The van der Waals surface area contributed by atoms with E-state index in [9.17, 15) is 9.18 Å². The van der Waals surface area contributed by atoms with Crippen molar-refractivity contribution < 1.29 is 18.0 Å². The van der Waals surface area contributed by atoms with Crippen LogP contribution in [-0.2, 0) is 0 Å². The maximum absolute atomic E-state index is 14.0. The summed E-state index contributed by atoms with van der Waals surface area (Å²) in [6.07, 6.45) is 1.51. The van der Waals surface area contributed by atoms with Gasteiger partial charge in [0, 0.05) is 11.3 Å². The van der Waals surface area contributed by atoms with Crippen molar-refractivity contribution in [1.29, 1.82) is 0 Å². The van der Waals surface area contributed by atoms with Crippen LogP contribution in [0.4, 0.5) is 10.1 Å². The van der Waals surface area contributed by atoms with E-state index in [1.807, 2.05) is 0 Å². The number of aryl methyl sites for hydroxylation is 1. The average molecular weight is 363 g/mol. The molecule has 0 unspecified atom stereocenters. The average Bonchev–Trinajstić information content (AvgIpc) is 3.33. The van der Waals surface area contributed by atoms with Crippen molar-refractivity contribution in [1.82, 2.24) is 10.2 Å². The number of furan rings is 1. The SMILES string of the molecule is Cc1cccc(F)c1C(=O)Nc1cccc(-c2nnc(-c3ccco3)o2)c1. The zero-order chi connectivity index (χ0) is 18.8. The van der Waals surface area contributed by atoms with Crippen molar-refractivity contribution in [2.24, 2.45) is 0 Å². The molecule has 0 spiro atoms. The first kappa shape index (κ1) is 16.7. The first-order valence-electron chi connectivity index (χ1n) is 8.16. The van der Waals surface area contributed by atoms with E-state index in [1.165, 1.54) is 12.3 Å². The van der Waals surface area contributed by atoms with Crippen LogP contribution >= 0.6 is 0 Å². The fraction of sp³-hybridized carbons (Fsp3) is 0.0500. The summed E-state index contributed by atoms with van der Waals surface area (Å²) in [5.74, 6) is -0.0903. The third-order valence-corrected chi connectivity index (χ3v) is 3.97. The van der Waals surface area contributed by atoms with E-state index in [-0.39, 0.29) is 17.3 Å². The molecule has 0 atom stereocenters. The molecule has 0 aliphatic carbocycles. The zero-order valence-electron chi connectivity index (χ0n) is 14.3. The van der Waals surface area contributed by atoms with E-state index >= 15 is 0 Å². The van der Waals surface area contributed by atoms with Crippen LogP contribution in [0.3, 0.4) is 0 Å². The number of amides is 1. The maximum Gasteiger partial charge on any atom is 0.283 e. The number of halogens is 1. The van der Waals surface area contributed by atoms with Gasteiger partial charge >= 0.3 is 0 Å². The standard InChI is InChI=1S/C20H14FN3O3/c1-12-5-2-8-15(21)17(12)18(25)22-14-7-3-6-13(11-14)19-23-24-20(27-19)16-9-4-10-26-16/h2-11H,1H3,(H,22,25). The predicted molar refractivity (Wildman–Crippen MR) is 96.5 cm³/mol. The first-order chi connectivity index (χ1) is 13.1. The molecule has 0 saturated carbocycles. The Hall–Kier alpha value is -3.74. The Balaban J connectivity index is 1.59. The summed E-state index contributed by atoms with van der Waals surface area (Å²) in [4.78, 5) is 12.4. The van der Waals surface area contributed by atoms with E-state index in [0.717, 1.165) is 0 Å². The molecule has 2 aromatic carbocycles. The molecule has 134 valence electrons. The molecule has 0 aliphatic rings. The Kier molecular flexibility index (Phi) is 4.25. The molecule has 7 heteroatoms. The number of rotatable bonds is 4. The molecule has 0 aliphatic heterocycles. The lowest BCUT2D eigenvalue weighted by Crippen LogP contribution is -2.15. The third-order valence-electron chi connectivity index (χ3n) is 3.97. The Morgan fingerprint density at radius 2 is 1.85 bits per heavy atom. The van der Waals surface area contributed by atoms with Gasteiger partial charge in [-0.05, 0) is 48.9 Å². The third kappa shape index (κ3) is 3.35. The fourth-order valence-corrected chi connectivity index (χ4v) is 2.68. The van der Waals surface area contributed by atoms with Crippen molar-refractivity contribution in [3.8, 4) is 23.1 Å². The highest BCUT2D eigenvalue weighted by Crippen LogP contribution is 2.26. The van der Waals surface area contributed by atoms with Gasteiger partial charge in [-0.25, -0.2) is 4.39 Å². The molecule has 0 bridgehead atoms. The van der Waals surface area contributed by atoms with Crippen LogP contribution in [0.25, 0.3) is 23.1 Å². The molecule has 6 nitrogen and oxygen atoms in total. The second-order valence-electron chi connectivity index (χ2n) is 5.86. The van der Waals surface area contributed by atoms with Crippen LogP contribution in [0.5, 0.6) is 0 Å². The summed E-state index contributed by atoms with van der Waals surface area (Å²) in [6, 6.07) is 14.8. The van der Waals surface area contributed by atoms with Crippen molar-refractivity contribution in [2.45, 2.75) is 6.92 Å². The minimum absolute atomic E-state index is 0.0146. The number of benzene rings is 2. The first-order valence-corrected chi connectivity index (χ1v) is 8.16. The van der Waals surface area contributed by atoms with Gasteiger partial charge in [0.05, 0.1) is 11.8 Å². The van der Waals surface area contributed by atoms with E-state index < -0.39 is 11.7 Å². The maximum atomic E-state index is 14.0. The van der Waals surface area contributed by atoms with Crippen molar-refractivity contribution in [3.63, 3.8) is 0 Å². The largest absolute Gasteiger partial charge is 0.459 e. The summed E-state index contributed by atoms with van der Waals surface area (Å²) in [7, 11) is 0. The molecule has 2 heterocycles. The molecule has 0 saturated heterocycles. The monoisotopic (exact) mass is 363 g/mol. The van der Waals surface area contributed by atoms with E-state index in [2.05, 4.69) is 15.5 Å². The minimum Gasteiger partial charge on any atom is -0.459 e. The fourth-order valence-electron chi connectivity index (χ4n) is 2.68. The van der Waals surface area contributed by atoms with Gasteiger partial charge in [0.25, 0.3) is 11.8 Å². The van der Waals surface area contributed by atoms with Crippen molar-refractivity contribution in [2.75, 3.05) is 5.32 Å². The minimum atomic E-state index is -0.566. The Morgan fingerprint density at radius 1 is 1.04 bits per heavy atom. The van der Waals surface area contributed by atoms with Crippen LogP contribution < -0.4 is 5.32 Å². The van der Waals surface area contributed by atoms with Crippen molar-refractivity contribution in [3.05, 3.63) is 77.8 Å². The lowest BCUT2D eigenvalue weighted by molar-refractivity contribution is 0.102. The molecular formula is C20H14FN3O3. The number of hydrogen-bond acceptors (Lipinski definition) is 5. The van der Waals surface area contributed by atoms with Gasteiger partial charge in [-0.15, -0.1) is 10.2 Å². The van der Waals surface area contributed by atoms with Crippen molar-refractivity contribution >= 4 is 11.6 Å². The summed E-state index contributed by atoms with van der Waals surface area (Å²) >= 11 is 0. The quantitative estimate of drug-likeness (QED) is 0.568. The Bertz CT molecular complexity index is 1080. The van der Waals surface area contributed by atoms with Gasteiger partial charge in [0.15, 0.2) is 5.76 Å². The second kappa shape index (κ2) is 6.87. The summed E-state index contributed by atoms with van der Waals surface area (Å²) < 4.78 is 24.8. The van der Waals surface area contributed by atoms with E-state index in [1.54, 1.807) is 55.5 Å². The molecule has 4 rings (SSSR count). The molecule has 4 aromatic rings. The van der Waals surface area contributed by atoms with Gasteiger partial charge in [-0.3, -0.25) is 4.79 Å². The highest BCUT2D eigenvalue weighted by molar-refractivity contribution is 6.05.